The summed E-state index contributed by atoms with van der Waals surface area (Å²) in [7, 11) is 0. The van der Waals surface area contributed by atoms with Gasteiger partial charge < -0.3 is 14.7 Å². The molecule has 0 atom stereocenters. The van der Waals surface area contributed by atoms with Gasteiger partial charge in [-0.3, -0.25) is 9.78 Å². The first-order valence-electron chi connectivity index (χ1n) is 13.3. The predicted octanol–water partition coefficient (Wildman–Crippen LogP) is 7.75. The summed E-state index contributed by atoms with van der Waals surface area (Å²) in [5.41, 5.74) is 4.28. The molecule has 1 aromatic carbocycles. The largest absolute Gasteiger partial charge is 0.512 e. The van der Waals surface area contributed by atoms with Gasteiger partial charge in [-0.2, -0.15) is 0 Å². The van der Waals surface area contributed by atoms with Gasteiger partial charge in [0, 0.05) is 54.8 Å². The molecule has 0 bridgehead atoms. The van der Waals surface area contributed by atoms with Crippen molar-refractivity contribution in [1.82, 2.24) is 19.5 Å². The third-order valence-corrected chi connectivity index (χ3v) is 6.26. The van der Waals surface area contributed by atoms with Crippen molar-refractivity contribution >= 4 is 27.7 Å². The first-order chi connectivity index (χ1) is 17.7. The number of para-hydroxylation sites is 1. The second-order valence-electron chi connectivity index (χ2n) is 12.2. The zero-order valence-electron chi connectivity index (χ0n) is 24.6. The van der Waals surface area contributed by atoms with Gasteiger partial charge in [0.25, 0.3) is 0 Å². The summed E-state index contributed by atoms with van der Waals surface area (Å²) >= 11 is 0. The zero-order chi connectivity index (χ0) is 28.3. The van der Waals surface area contributed by atoms with E-state index in [9.17, 15) is 9.90 Å². The van der Waals surface area contributed by atoms with Crippen molar-refractivity contribution in [1.29, 1.82) is 0 Å². The zero-order valence-corrected chi connectivity index (χ0v) is 27.0. The average molecular weight is 706 g/mol. The molecule has 0 saturated carbocycles. The minimum Gasteiger partial charge on any atom is -0.512 e. The van der Waals surface area contributed by atoms with Crippen molar-refractivity contribution in [3.63, 3.8) is 0 Å². The van der Waals surface area contributed by atoms with Crippen LogP contribution in [0.2, 0.25) is 0 Å². The predicted molar refractivity (Wildman–Crippen MR) is 156 cm³/mol. The van der Waals surface area contributed by atoms with E-state index in [1.165, 1.54) is 17.0 Å². The Morgan fingerprint density at radius 2 is 1.69 bits per heavy atom. The fraction of sp³-hybridized carbons (Fsp3) is 0.438. The SMILES string of the molecule is CC(C)(C)C(=O)C=C(O)C(C)(C)C.CCn1c2ccccc2c2cc(-c3cc(CC(C)C)ncn3)[c-]nc21.[Ir]. The fourth-order valence-electron chi connectivity index (χ4n) is 3.95. The molecule has 0 amide bonds. The maximum Gasteiger partial charge on any atom is 0.164 e. The minimum absolute atomic E-state index is 0. The molecule has 1 N–H and O–H groups in total. The van der Waals surface area contributed by atoms with E-state index in [-0.39, 0.29) is 37.1 Å². The van der Waals surface area contributed by atoms with Crippen molar-refractivity contribution < 1.29 is 30.0 Å². The van der Waals surface area contributed by atoms with E-state index < -0.39 is 5.41 Å². The number of hydrogen-bond acceptors (Lipinski definition) is 5. The van der Waals surface area contributed by atoms with Crippen LogP contribution in [0.1, 0.15) is 68.0 Å². The van der Waals surface area contributed by atoms with Gasteiger partial charge in [-0.25, -0.2) is 4.98 Å². The summed E-state index contributed by atoms with van der Waals surface area (Å²) in [6.45, 7) is 18.5. The number of fused-ring (bicyclic) bond motifs is 3. The van der Waals surface area contributed by atoms with Crippen LogP contribution >= 0.6 is 0 Å². The smallest absolute Gasteiger partial charge is 0.164 e. The summed E-state index contributed by atoms with van der Waals surface area (Å²) in [4.78, 5) is 24.9. The monoisotopic (exact) mass is 706 g/mol. The van der Waals surface area contributed by atoms with Gasteiger partial charge in [-0.05, 0) is 42.6 Å². The third-order valence-electron chi connectivity index (χ3n) is 6.26. The Kier molecular flexibility index (Phi) is 10.8. The Balaban J connectivity index is 0.000000328. The van der Waals surface area contributed by atoms with Gasteiger partial charge in [0.05, 0.1) is 5.65 Å². The summed E-state index contributed by atoms with van der Waals surface area (Å²) < 4.78 is 2.23. The van der Waals surface area contributed by atoms with Crippen molar-refractivity contribution in [3.8, 4) is 11.3 Å². The number of aromatic nitrogens is 4. The van der Waals surface area contributed by atoms with Gasteiger partial charge >= 0.3 is 0 Å². The van der Waals surface area contributed by atoms with E-state index in [1.807, 2.05) is 41.5 Å². The molecule has 39 heavy (non-hydrogen) atoms. The standard InChI is InChI=1S/C21H21N4.C11H20O2.Ir/c1-4-25-20-8-6-5-7-17(20)18-10-15(12-22-21(18)25)19-11-16(9-14(2)3)23-13-24-19;1-10(2,3)8(12)7-9(13)11(4,5)6;/h5-8,10-11,13-14H,4,9H2,1-3H3;7,12H,1-6H3;/q-1;;. The molecule has 6 nitrogen and oxygen atoms in total. The van der Waals surface area contributed by atoms with Crippen LogP contribution in [-0.4, -0.2) is 30.4 Å². The molecule has 0 aliphatic rings. The number of hydrogen-bond donors (Lipinski definition) is 1. The Morgan fingerprint density at radius 1 is 1.03 bits per heavy atom. The topological polar surface area (TPSA) is 80.9 Å². The molecule has 4 rings (SSSR count). The second kappa shape index (κ2) is 13.0. The molecule has 0 saturated heterocycles. The molecule has 7 heteroatoms. The van der Waals surface area contributed by atoms with Crippen molar-refractivity contribution in [3.05, 3.63) is 66.5 Å². The third kappa shape index (κ3) is 8.06. The molecule has 3 heterocycles. The first-order valence-corrected chi connectivity index (χ1v) is 13.3. The van der Waals surface area contributed by atoms with E-state index in [2.05, 4.69) is 82.9 Å². The van der Waals surface area contributed by atoms with Crippen molar-refractivity contribution in [2.45, 2.75) is 75.3 Å². The van der Waals surface area contributed by atoms with Crippen LogP contribution in [0, 0.1) is 22.9 Å². The Labute approximate surface area is 246 Å². The number of rotatable bonds is 5. The van der Waals surface area contributed by atoms with Crippen LogP contribution in [0.15, 0.2) is 54.6 Å². The number of ketones is 1. The molecule has 0 unspecified atom stereocenters. The van der Waals surface area contributed by atoms with E-state index in [4.69, 9.17) is 0 Å². The van der Waals surface area contributed by atoms with E-state index in [1.54, 1.807) is 6.33 Å². The summed E-state index contributed by atoms with van der Waals surface area (Å²) in [6.07, 6.45) is 7.10. The van der Waals surface area contributed by atoms with E-state index in [0.29, 0.717) is 5.92 Å². The van der Waals surface area contributed by atoms with E-state index in [0.717, 1.165) is 41.0 Å². The number of carbonyl (C=O) groups excluding carboxylic acids is 1. The molecule has 211 valence electrons. The molecule has 4 aromatic rings. The van der Waals surface area contributed by atoms with Crippen LogP contribution in [-0.2, 0) is 37.9 Å². The summed E-state index contributed by atoms with van der Waals surface area (Å²) in [5.74, 6) is 0.669. The van der Waals surface area contributed by atoms with Crippen LogP contribution in [0.5, 0.6) is 0 Å². The number of allylic oxidation sites excluding steroid dienone is 2. The fourth-order valence-corrected chi connectivity index (χ4v) is 3.95. The number of aliphatic hydroxyl groups is 1. The van der Waals surface area contributed by atoms with Crippen LogP contribution in [0.25, 0.3) is 33.2 Å². The van der Waals surface area contributed by atoms with Gasteiger partial charge in [0.15, 0.2) is 5.78 Å². The van der Waals surface area contributed by atoms with Crippen molar-refractivity contribution in [2.24, 2.45) is 16.7 Å². The second-order valence-corrected chi connectivity index (χ2v) is 12.2. The maximum absolute atomic E-state index is 11.5. The Hall–Kier alpha value is -2.89. The molecule has 0 spiro atoms. The Morgan fingerprint density at radius 3 is 2.28 bits per heavy atom. The number of aryl methyl sites for hydroxylation is 1. The number of aliphatic hydroxyl groups excluding tert-OH is 1. The van der Waals surface area contributed by atoms with Crippen LogP contribution in [0.3, 0.4) is 0 Å². The normalized spacial score (nSPS) is 12.3. The molecular formula is C32H41IrN4O2-. The van der Waals surface area contributed by atoms with Gasteiger partial charge in [-0.1, -0.05) is 85.0 Å². The van der Waals surface area contributed by atoms with Gasteiger partial charge in [-0.15, -0.1) is 11.6 Å². The molecule has 0 fully saturated rings. The number of nitrogens with zero attached hydrogens (tertiary/aromatic N) is 4. The van der Waals surface area contributed by atoms with Crippen molar-refractivity contribution in [2.75, 3.05) is 0 Å². The number of pyridine rings is 1. The average Bonchev–Trinajstić information content (AvgIpc) is 3.16. The van der Waals surface area contributed by atoms with E-state index >= 15 is 0 Å². The maximum atomic E-state index is 11.5. The minimum atomic E-state index is -0.417. The van der Waals surface area contributed by atoms with Crippen LogP contribution < -0.4 is 0 Å². The van der Waals surface area contributed by atoms with Gasteiger partial charge in [0.2, 0.25) is 0 Å². The van der Waals surface area contributed by atoms with Crippen LogP contribution in [0.4, 0.5) is 0 Å². The van der Waals surface area contributed by atoms with Gasteiger partial charge in [0.1, 0.15) is 12.1 Å². The number of carbonyl (C=O) groups is 1. The molecule has 1 radical (unpaired) electrons. The molecule has 3 aromatic heterocycles. The number of benzene rings is 1. The summed E-state index contributed by atoms with van der Waals surface area (Å²) in [5, 5.41) is 11.9. The molecule has 0 aliphatic carbocycles. The Bertz CT molecular complexity index is 1460. The quantitative estimate of drug-likeness (QED) is 0.131. The molecular weight excluding hydrogens is 665 g/mol. The molecule has 0 aliphatic heterocycles. The first kappa shape index (κ1) is 32.3. The summed E-state index contributed by atoms with van der Waals surface area (Å²) in [6, 6.07) is 12.6.